The first-order chi connectivity index (χ1) is 15.5. The van der Waals surface area contributed by atoms with Crippen molar-refractivity contribution in [1.29, 1.82) is 0 Å². The maximum absolute atomic E-state index is 13.9. The Morgan fingerprint density at radius 3 is 2.88 bits per heavy atom. The number of fused-ring (bicyclic) bond motifs is 5. The topological polar surface area (TPSA) is 80.1 Å². The van der Waals surface area contributed by atoms with Crippen molar-refractivity contribution < 1.29 is 9.59 Å². The number of para-hydroxylation sites is 1. The highest BCUT2D eigenvalue weighted by atomic mass is 32.1. The Hall–Kier alpha value is -3.78. The first-order valence-electron chi connectivity index (χ1n) is 10.3. The number of thiazole rings is 1. The van der Waals surface area contributed by atoms with Gasteiger partial charge in [0.2, 0.25) is 16.9 Å². The largest absolute Gasteiger partial charge is 0.310 e. The highest BCUT2D eigenvalue weighted by molar-refractivity contribution is 7.20. The van der Waals surface area contributed by atoms with Crippen molar-refractivity contribution in [3.05, 3.63) is 78.0 Å². The molecule has 0 aliphatic carbocycles. The Kier molecular flexibility index (Phi) is 3.91. The second-order valence-electron chi connectivity index (χ2n) is 8.14. The Balaban J connectivity index is 1.60. The van der Waals surface area contributed by atoms with Crippen LogP contribution in [0.5, 0.6) is 0 Å². The molecule has 4 heterocycles. The number of aryl methyl sites for hydroxylation is 1. The highest BCUT2D eigenvalue weighted by Crippen LogP contribution is 2.52. The summed E-state index contributed by atoms with van der Waals surface area (Å²) in [5.41, 5.74) is 3.13. The van der Waals surface area contributed by atoms with Crippen LogP contribution in [0.25, 0.3) is 15.3 Å². The number of amides is 2. The van der Waals surface area contributed by atoms with Gasteiger partial charge in [-0.05, 0) is 30.7 Å². The first kappa shape index (κ1) is 18.9. The van der Waals surface area contributed by atoms with Gasteiger partial charge in [-0.2, -0.15) is 9.78 Å². The van der Waals surface area contributed by atoms with Gasteiger partial charge < -0.3 is 10.2 Å². The Labute approximate surface area is 188 Å². The summed E-state index contributed by atoms with van der Waals surface area (Å²) in [6.45, 7) is 6.17. The normalized spacial score (nSPS) is 19.3. The van der Waals surface area contributed by atoms with Crippen molar-refractivity contribution in [2.24, 2.45) is 0 Å². The van der Waals surface area contributed by atoms with Crippen LogP contribution in [0.15, 0.2) is 61.3 Å². The molecule has 0 saturated carbocycles. The fraction of sp³-hybridized carbons (Fsp3) is 0.167. The molecule has 2 aliphatic rings. The van der Waals surface area contributed by atoms with Gasteiger partial charge in [-0.15, -0.1) is 6.58 Å². The number of benzene rings is 2. The second kappa shape index (κ2) is 6.61. The summed E-state index contributed by atoms with van der Waals surface area (Å²) in [7, 11) is 0. The van der Waals surface area contributed by atoms with E-state index in [-0.39, 0.29) is 18.2 Å². The summed E-state index contributed by atoms with van der Waals surface area (Å²) in [6.07, 6.45) is 3.44. The molecular formula is C24H19N5O2S. The second-order valence-corrected chi connectivity index (χ2v) is 9.15. The third-order valence-corrected chi connectivity index (χ3v) is 7.21. The molecule has 32 heavy (non-hydrogen) atoms. The molecule has 0 saturated heterocycles. The lowest BCUT2D eigenvalue weighted by atomic mass is 9.71. The van der Waals surface area contributed by atoms with E-state index in [4.69, 9.17) is 0 Å². The van der Waals surface area contributed by atoms with Crippen LogP contribution in [0.2, 0.25) is 0 Å². The quantitative estimate of drug-likeness (QED) is 0.488. The molecule has 2 aliphatic heterocycles. The first-order valence-corrected chi connectivity index (χ1v) is 11.1. The van der Waals surface area contributed by atoms with Crippen molar-refractivity contribution in [3.63, 3.8) is 0 Å². The number of aromatic nitrogens is 3. The predicted molar refractivity (Wildman–Crippen MR) is 124 cm³/mol. The van der Waals surface area contributed by atoms with Crippen LogP contribution in [-0.4, -0.2) is 33.1 Å². The number of nitrogens with zero attached hydrogens (tertiary/aromatic N) is 4. The molecule has 1 atom stereocenters. The molecule has 158 valence electrons. The van der Waals surface area contributed by atoms with Crippen LogP contribution in [0, 0.1) is 6.92 Å². The molecule has 8 heteroatoms. The molecule has 4 aromatic rings. The summed E-state index contributed by atoms with van der Waals surface area (Å²) in [5.74, 6) is 0.154. The fourth-order valence-electron chi connectivity index (χ4n) is 4.81. The minimum Gasteiger partial charge on any atom is -0.310 e. The highest BCUT2D eigenvalue weighted by Gasteiger charge is 2.57. The van der Waals surface area contributed by atoms with E-state index in [0.717, 1.165) is 27.0 Å². The van der Waals surface area contributed by atoms with Gasteiger partial charge in [-0.3, -0.25) is 9.59 Å². The van der Waals surface area contributed by atoms with Gasteiger partial charge in [0.05, 0.1) is 16.4 Å². The number of rotatable bonds is 3. The van der Waals surface area contributed by atoms with Crippen LogP contribution in [0.3, 0.4) is 0 Å². The molecule has 6 rings (SSSR count). The lowest BCUT2D eigenvalue weighted by Crippen LogP contribution is -2.46. The van der Waals surface area contributed by atoms with Crippen molar-refractivity contribution in [3.8, 4) is 5.13 Å². The van der Waals surface area contributed by atoms with Crippen LogP contribution >= 0.6 is 11.3 Å². The number of hydrogen-bond donors (Lipinski definition) is 1. The standard InChI is InChI=1S/C24H19N5O2S/c1-3-10-28-18-9-8-14(2)11-15(18)24(22(28)31)12-20(30)27-21-16(24)13-25-29(21)23-26-17-6-4-5-7-19(17)32-23/h3-9,11,13H,1,10,12H2,2H3,(H,27,30). The van der Waals surface area contributed by atoms with E-state index in [1.54, 1.807) is 21.9 Å². The van der Waals surface area contributed by atoms with E-state index in [1.165, 1.54) is 11.3 Å². The number of carbonyl (C=O) groups excluding carboxylic acids is 2. The molecule has 0 bridgehead atoms. The van der Waals surface area contributed by atoms with Gasteiger partial charge in [-0.1, -0.05) is 47.2 Å². The van der Waals surface area contributed by atoms with Gasteiger partial charge in [0.1, 0.15) is 11.2 Å². The Morgan fingerprint density at radius 2 is 2.06 bits per heavy atom. The number of carbonyl (C=O) groups is 2. The average molecular weight is 442 g/mol. The molecule has 1 spiro atoms. The van der Waals surface area contributed by atoms with Crippen LogP contribution in [-0.2, 0) is 15.0 Å². The molecule has 0 fully saturated rings. The van der Waals surface area contributed by atoms with Crippen LogP contribution in [0.4, 0.5) is 11.5 Å². The van der Waals surface area contributed by atoms with Crippen molar-refractivity contribution in [2.75, 3.05) is 16.8 Å². The zero-order valence-electron chi connectivity index (χ0n) is 17.3. The monoisotopic (exact) mass is 441 g/mol. The average Bonchev–Trinajstić information content (AvgIpc) is 3.45. The molecular weight excluding hydrogens is 422 g/mol. The zero-order valence-corrected chi connectivity index (χ0v) is 18.1. The van der Waals surface area contributed by atoms with Gasteiger partial charge in [0.25, 0.3) is 0 Å². The van der Waals surface area contributed by atoms with Crippen molar-refractivity contribution in [2.45, 2.75) is 18.8 Å². The van der Waals surface area contributed by atoms with Crippen LogP contribution in [0.1, 0.15) is 23.1 Å². The SMILES string of the molecule is C=CCN1C(=O)C2(CC(=O)Nc3c2cnn3-c2nc3ccccc3s2)c2cc(C)ccc21. The number of nitrogens with one attached hydrogen (secondary N) is 1. The zero-order chi connectivity index (χ0) is 22.0. The van der Waals surface area contributed by atoms with Crippen LogP contribution < -0.4 is 10.2 Å². The molecule has 7 nitrogen and oxygen atoms in total. The smallest absolute Gasteiger partial charge is 0.243 e. The van der Waals surface area contributed by atoms with E-state index in [2.05, 4.69) is 22.0 Å². The Bertz CT molecular complexity index is 1420. The van der Waals surface area contributed by atoms with E-state index >= 15 is 0 Å². The lowest BCUT2D eigenvalue weighted by Gasteiger charge is -2.32. The molecule has 2 aromatic heterocycles. The molecule has 1 N–H and O–H groups in total. The summed E-state index contributed by atoms with van der Waals surface area (Å²) in [5, 5.41) is 8.17. The van der Waals surface area contributed by atoms with E-state index < -0.39 is 5.41 Å². The predicted octanol–water partition coefficient (Wildman–Crippen LogP) is 3.95. The molecule has 2 amide bonds. The minimum absolute atomic E-state index is 0.0362. The van der Waals surface area contributed by atoms with Gasteiger partial charge in [-0.25, -0.2) is 4.98 Å². The van der Waals surface area contributed by atoms with Gasteiger partial charge >= 0.3 is 0 Å². The van der Waals surface area contributed by atoms with Crippen molar-refractivity contribution >= 4 is 44.9 Å². The van der Waals surface area contributed by atoms with E-state index in [0.29, 0.717) is 23.1 Å². The van der Waals surface area contributed by atoms with E-state index in [9.17, 15) is 9.59 Å². The molecule has 1 unspecified atom stereocenters. The minimum atomic E-state index is -1.11. The summed E-state index contributed by atoms with van der Waals surface area (Å²) >= 11 is 1.49. The van der Waals surface area contributed by atoms with Gasteiger partial charge in [0.15, 0.2) is 0 Å². The maximum atomic E-state index is 13.9. The number of anilines is 2. The van der Waals surface area contributed by atoms with Crippen molar-refractivity contribution in [1.82, 2.24) is 14.8 Å². The lowest BCUT2D eigenvalue weighted by molar-refractivity contribution is -0.126. The fourth-order valence-corrected chi connectivity index (χ4v) is 5.74. The summed E-state index contributed by atoms with van der Waals surface area (Å²) in [4.78, 5) is 33.3. The molecule has 0 radical (unpaired) electrons. The summed E-state index contributed by atoms with van der Waals surface area (Å²) in [6, 6.07) is 13.8. The third kappa shape index (κ3) is 2.41. The maximum Gasteiger partial charge on any atom is 0.243 e. The van der Waals surface area contributed by atoms with E-state index in [1.807, 2.05) is 49.4 Å². The Morgan fingerprint density at radius 1 is 1.22 bits per heavy atom. The number of hydrogen-bond acceptors (Lipinski definition) is 5. The summed E-state index contributed by atoms with van der Waals surface area (Å²) < 4.78 is 2.66. The van der Waals surface area contributed by atoms with Gasteiger partial charge in [0, 0.05) is 24.2 Å². The molecule has 2 aromatic carbocycles. The third-order valence-electron chi connectivity index (χ3n) is 6.20.